The smallest absolute Gasteiger partial charge is 0.340 e. The molecule has 2 heterocycles. The molecule has 1 N–H and O–H groups in total. The number of nitrogens with zero attached hydrogens (tertiary/aromatic N) is 2. The highest BCUT2D eigenvalue weighted by atomic mass is 35.5. The van der Waals surface area contributed by atoms with E-state index < -0.39 is 11.7 Å². The van der Waals surface area contributed by atoms with Crippen molar-refractivity contribution in [1.82, 2.24) is 9.88 Å². The van der Waals surface area contributed by atoms with Crippen LogP contribution in [-0.2, 0) is 6.18 Å². The highest BCUT2D eigenvalue weighted by Crippen LogP contribution is 2.36. The zero-order valence-corrected chi connectivity index (χ0v) is 13.9. The van der Waals surface area contributed by atoms with Crippen molar-refractivity contribution in [3.8, 4) is 0 Å². The number of hydrogen-bond donors (Lipinski definition) is 1. The average molecular weight is 370 g/mol. The fourth-order valence-corrected chi connectivity index (χ4v) is 2.93. The number of likely N-dealkylation sites (tertiary alicyclic amines) is 1. The number of nitrogens with one attached hydrogen (secondary N) is 1. The van der Waals surface area contributed by atoms with E-state index >= 15 is 0 Å². The van der Waals surface area contributed by atoms with Gasteiger partial charge < -0.3 is 10.2 Å². The average Bonchev–Trinajstić information content (AvgIpc) is 3.10. The number of rotatable bonds is 3. The van der Waals surface area contributed by atoms with Gasteiger partial charge in [0, 0.05) is 30.5 Å². The highest BCUT2D eigenvalue weighted by molar-refractivity contribution is 6.31. The van der Waals surface area contributed by atoms with E-state index in [-0.39, 0.29) is 16.6 Å². The van der Waals surface area contributed by atoms with Crippen molar-refractivity contribution < 1.29 is 18.0 Å². The van der Waals surface area contributed by atoms with Crippen molar-refractivity contribution in [1.29, 1.82) is 0 Å². The van der Waals surface area contributed by atoms with Crippen LogP contribution in [0.25, 0.3) is 0 Å². The van der Waals surface area contributed by atoms with E-state index in [1.807, 2.05) is 0 Å². The number of carbonyl (C=O) groups excluding carboxylic acids is 1. The molecule has 1 aliphatic rings. The van der Waals surface area contributed by atoms with E-state index in [1.165, 1.54) is 24.4 Å². The fraction of sp³-hybridized carbons (Fsp3) is 0.294. The van der Waals surface area contributed by atoms with Gasteiger partial charge in [0.15, 0.2) is 0 Å². The van der Waals surface area contributed by atoms with Crippen molar-refractivity contribution >= 4 is 29.0 Å². The Bertz CT molecular complexity index is 789. The Kier molecular flexibility index (Phi) is 4.85. The summed E-state index contributed by atoms with van der Waals surface area (Å²) < 4.78 is 38.8. The van der Waals surface area contributed by atoms with Crippen molar-refractivity contribution in [2.45, 2.75) is 19.0 Å². The maximum absolute atomic E-state index is 12.9. The molecular formula is C17H15ClF3N3O. The van der Waals surface area contributed by atoms with Gasteiger partial charge in [0.25, 0.3) is 5.91 Å². The summed E-state index contributed by atoms with van der Waals surface area (Å²) in [4.78, 5) is 18.2. The first-order valence-corrected chi connectivity index (χ1v) is 8.11. The molecule has 25 heavy (non-hydrogen) atoms. The number of alkyl halides is 3. The minimum absolute atomic E-state index is 0.102. The molecule has 3 rings (SSSR count). The van der Waals surface area contributed by atoms with Gasteiger partial charge in [-0.05, 0) is 43.2 Å². The summed E-state index contributed by atoms with van der Waals surface area (Å²) in [5.41, 5.74) is -0.289. The van der Waals surface area contributed by atoms with E-state index in [1.54, 1.807) is 11.0 Å². The van der Waals surface area contributed by atoms with Gasteiger partial charge in [0.05, 0.1) is 10.6 Å². The first-order valence-electron chi connectivity index (χ1n) is 7.74. The standard InChI is InChI=1S/C17H15ClF3N3O/c18-14-4-3-12(10-13(14)17(19,20)21)23-15-9-11(5-6-22-15)16(25)24-7-1-2-8-24/h3-6,9-10H,1-2,7-8H2,(H,22,23). The first kappa shape index (κ1) is 17.5. The fourth-order valence-electron chi connectivity index (χ4n) is 2.70. The molecule has 0 aliphatic carbocycles. The van der Waals surface area contributed by atoms with Crippen molar-refractivity contribution in [3.05, 3.63) is 52.7 Å². The first-order chi connectivity index (χ1) is 11.8. The molecule has 1 aromatic carbocycles. The van der Waals surface area contributed by atoms with E-state index in [9.17, 15) is 18.0 Å². The largest absolute Gasteiger partial charge is 0.417 e. The lowest BCUT2D eigenvalue weighted by Gasteiger charge is -2.16. The third-order valence-corrected chi connectivity index (χ3v) is 4.27. The lowest BCUT2D eigenvalue weighted by atomic mass is 10.2. The van der Waals surface area contributed by atoms with E-state index in [4.69, 9.17) is 11.6 Å². The number of hydrogen-bond acceptors (Lipinski definition) is 3. The lowest BCUT2D eigenvalue weighted by Crippen LogP contribution is -2.27. The Morgan fingerprint density at radius 2 is 1.88 bits per heavy atom. The van der Waals surface area contributed by atoms with Crippen molar-refractivity contribution in [3.63, 3.8) is 0 Å². The van der Waals surface area contributed by atoms with Gasteiger partial charge in [0.2, 0.25) is 0 Å². The molecule has 0 spiro atoms. The molecule has 0 unspecified atom stereocenters. The Morgan fingerprint density at radius 3 is 2.56 bits per heavy atom. The molecule has 132 valence electrons. The van der Waals surface area contributed by atoms with Crippen LogP contribution in [0.4, 0.5) is 24.7 Å². The van der Waals surface area contributed by atoms with Gasteiger partial charge in [0.1, 0.15) is 5.82 Å². The number of aromatic nitrogens is 1. The molecule has 2 aromatic rings. The zero-order chi connectivity index (χ0) is 18.0. The molecule has 1 amide bonds. The third kappa shape index (κ3) is 4.04. The molecule has 1 aliphatic heterocycles. The summed E-state index contributed by atoms with van der Waals surface area (Å²) >= 11 is 5.61. The molecule has 1 saturated heterocycles. The molecule has 0 atom stereocenters. The van der Waals surface area contributed by atoms with Gasteiger partial charge in [-0.3, -0.25) is 4.79 Å². The molecular weight excluding hydrogens is 355 g/mol. The van der Waals surface area contributed by atoms with Crippen molar-refractivity contribution in [2.75, 3.05) is 18.4 Å². The van der Waals surface area contributed by atoms with Gasteiger partial charge in [-0.15, -0.1) is 0 Å². The Hall–Kier alpha value is -2.28. The summed E-state index contributed by atoms with van der Waals surface area (Å²) in [5.74, 6) is 0.190. The predicted molar refractivity (Wildman–Crippen MR) is 89.1 cm³/mol. The second-order valence-electron chi connectivity index (χ2n) is 5.75. The highest BCUT2D eigenvalue weighted by Gasteiger charge is 2.33. The summed E-state index contributed by atoms with van der Waals surface area (Å²) in [6, 6.07) is 6.64. The van der Waals surface area contributed by atoms with Crippen LogP contribution in [-0.4, -0.2) is 28.9 Å². The summed E-state index contributed by atoms with van der Waals surface area (Å²) in [6.45, 7) is 1.44. The molecule has 0 radical (unpaired) electrons. The number of amides is 1. The van der Waals surface area contributed by atoms with Crippen LogP contribution < -0.4 is 5.32 Å². The molecule has 0 bridgehead atoms. The zero-order valence-electron chi connectivity index (χ0n) is 13.1. The van der Waals surface area contributed by atoms with Crippen LogP contribution in [0.3, 0.4) is 0 Å². The van der Waals surface area contributed by atoms with Crippen LogP contribution in [0.1, 0.15) is 28.8 Å². The van der Waals surface area contributed by atoms with Crippen molar-refractivity contribution in [2.24, 2.45) is 0 Å². The maximum atomic E-state index is 12.9. The van der Waals surface area contributed by atoms with E-state index in [0.717, 1.165) is 32.0 Å². The summed E-state index contributed by atoms with van der Waals surface area (Å²) in [5, 5.41) is 2.42. The molecule has 4 nitrogen and oxygen atoms in total. The van der Waals surface area contributed by atoms with E-state index in [0.29, 0.717) is 11.4 Å². The third-order valence-electron chi connectivity index (χ3n) is 3.94. The number of anilines is 2. The normalized spacial score (nSPS) is 14.6. The Labute approximate surface area is 147 Å². The molecule has 8 heteroatoms. The maximum Gasteiger partial charge on any atom is 0.417 e. The van der Waals surface area contributed by atoms with E-state index in [2.05, 4.69) is 10.3 Å². The van der Waals surface area contributed by atoms with Crippen LogP contribution in [0.15, 0.2) is 36.5 Å². The second kappa shape index (κ2) is 6.92. The van der Waals surface area contributed by atoms with Gasteiger partial charge >= 0.3 is 6.18 Å². The van der Waals surface area contributed by atoms with Crippen LogP contribution >= 0.6 is 11.6 Å². The summed E-state index contributed by atoms with van der Waals surface area (Å²) in [6.07, 6.45) is -1.14. The SMILES string of the molecule is O=C(c1ccnc(Nc2ccc(Cl)c(C(F)(F)F)c2)c1)N1CCCC1. The number of carbonyl (C=O) groups is 1. The minimum atomic E-state index is -4.55. The van der Waals surface area contributed by atoms with Gasteiger partial charge in [-0.2, -0.15) is 13.2 Å². The Morgan fingerprint density at radius 1 is 1.16 bits per heavy atom. The quantitative estimate of drug-likeness (QED) is 0.850. The van der Waals surface area contributed by atoms with Gasteiger partial charge in [-0.25, -0.2) is 4.98 Å². The van der Waals surface area contributed by atoms with Crippen LogP contribution in [0, 0.1) is 0 Å². The minimum Gasteiger partial charge on any atom is -0.340 e. The number of halogens is 4. The molecule has 1 fully saturated rings. The topological polar surface area (TPSA) is 45.2 Å². The molecule has 1 aromatic heterocycles. The second-order valence-corrected chi connectivity index (χ2v) is 6.15. The number of pyridine rings is 1. The van der Waals surface area contributed by atoms with Crippen LogP contribution in [0.5, 0.6) is 0 Å². The summed E-state index contributed by atoms with van der Waals surface area (Å²) in [7, 11) is 0. The van der Waals surface area contributed by atoms with Crippen LogP contribution in [0.2, 0.25) is 5.02 Å². The monoisotopic (exact) mass is 369 g/mol. The lowest BCUT2D eigenvalue weighted by molar-refractivity contribution is -0.137. The van der Waals surface area contributed by atoms with Gasteiger partial charge in [-0.1, -0.05) is 11.6 Å². The predicted octanol–water partition coefficient (Wildman–Crippen LogP) is 4.73. The number of benzene rings is 1. The Balaban J connectivity index is 1.82. The molecule has 0 saturated carbocycles.